The van der Waals surface area contributed by atoms with Crippen molar-refractivity contribution in [2.45, 2.75) is 18.7 Å². The summed E-state index contributed by atoms with van der Waals surface area (Å²) in [4.78, 5) is 2.36. The van der Waals surface area contributed by atoms with E-state index in [2.05, 4.69) is 65.6 Å². The molecule has 26 heavy (non-hydrogen) atoms. The summed E-state index contributed by atoms with van der Waals surface area (Å²) in [5, 5.41) is 10.4. The van der Waals surface area contributed by atoms with E-state index in [1.165, 1.54) is 11.1 Å². The van der Waals surface area contributed by atoms with Crippen LogP contribution in [0, 0.1) is 0 Å². The first kappa shape index (κ1) is 16.8. The standard InChI is InChI=1S/C23H23NO2/c25-23(17-26-18-23)21-11-13-22(14-12-21)24(15-19-7-3-1-4-8-19)16-20-9-5-2-6-10-20/h1-14,25H,15-18H2. The highest BCUT2D eigenvalue weighted by Gasteiger charge is 2.37. The predicted molar refractivity (Wildman–Crippen MR) is 104 cm³/mol. The highest BCUT2D eigenvalue weighted by Crippen LogP contribution is 2.31. The molecule has 1 N–H and O–H groups in total. The molecule has 1 saturated heterocycles. The van der Waals surface area contributed by atoms with Gasteiger partial charge in [-0.25, -0.2) is 0 Å². The zero-order valence-electron chi connectivity index (χ0n) is 14.7. The number of benzene rings is 3. The monoisotopic (exact) mass is 345 g/mol. The number of nitrogens with zero attached hydrogens (tertiary/aromatic N) is 1. The molecule has 0 saturated carbocycles. The van der Waals surface area contributed by atoms with Gasteiger partial charge in [0.05, 0.1) is 13.2 Å². The fourth-order valence-electron chi connectivity index (χ4n) is 3.29. The highest BCUT2D eigenvalue weighted by atomic mass is 16.5. The van der Waals surface area contributed by atoms with E-state index in [0.29, 0.717) is 13.2 Å². The van der Waals surface area contributed by atoms with Gasteiger partial charge >= 0.3 is 0 Å². The Balaban J connectivity index is 1.59. The second-order valence-electron chi connectivity index (χ2n) is 6.90. The average molecular weight is 345 g/mol. The largest absolute Gasteiger partial charge is 0.380 e. The number of anilines is 1. The highest BCUT2D eigenvalue weighted by molar-refractivity contribution is 5.50. The lowest BCUT2D eigenvalue weighted by Gasteiger charge is -2.37. The zero-order valence-corrected chi connectivity index (χ0v) is 14.7. The third-order valence-corrected chi connectivity index (χ3v) is 4.88. The molecule has 0 aromatic heterocycles. The Kier molecular flexibility index (Phi) is 4.74. The minimum atomic E-state index is -0.817. The van der Waals surface area contributed by atoms with Crippen molar-refractivity contribution in [1.29, 1.82) is 0 Å². The van der Waals surface area contributed by atoms with Crippen molar-refractivity contribution in [3.63, 3.8) is 0 Å². The van der Waals surface area contributed by atoms with E-state index in [0.717, 1.165) is 24.3 Å². The maximum Gasteiger partial charge on any atom is 0.136 e. The van der Waals surface area contributed by atoms with Crippen molar-refractivity contribution in [2.75, 3.05) is 18.1 Å². The van der Waals surface area contributed by atoms with E-state index < -0.39 is 5.60 Å². The van der Waals surface area contributed by atoms with Gasteiger partial charge in [-0.15, -0.1) is 0 Å². The summed E-state index contributed by atoms with van der Waals surface area (Å²) in [5.41, 5.74) is 3.80. The molecule has 0 unspecified atom stereocenters. The van der Waals surface area contributed by atoms with Crippen LogP contribution in [-0.2, 0) is 23.4 Å². The third-order valence-electron chi connectivity index (χ3n) is 4.88. The van der Waals surface area contributed by atoms with Crippen LogP contribution in [0.4, 0.5) is 5.69 Å². The summed E-state index contributed by atoms with van der Waals surface area (Å²) in [7, 11) is 0. The number of hydrogen-bond donors (Lipinski definition) is 1. The number of aliphatic hydroxyl groups is 1. The molecule has 4 rings (SSSR count). The second kappa shape index (κ2) is 7.32. The van der Waals surface area contributed by atoms with Crippen molar-refractivity contribution in [3.05, 3.63) is 102 Å². The molecule has 0 amide bonds. The first-order valence-electron chi connectivity index (χ1n) is 8.96. The molecular formula is C23H23NO2. The molecule has 1 heterocycles. The smallest absolute Gasteiger partial charge is 0.136 e. The molecule has 3 aromatic rings. The molecule has 1 aliphatic rings. The van der Waals surface area contributed by atoms with Crippen molar-refractivity contribution < 1.29 is 9.84 Å². The van der Waals surface area contributed by atoms with Crippen LogP contribution in [0.2, 0.25) is 0 Å². The first-order valence-corrected chi connectivity index (χ1v) is 8.96. The minimum Gasteiger partial charge on any atom is -0.380 e. The topological polar surface area (TPSA) is 32.7 Å². The van der Waals surface area contributed by atoms with Crippen LogP contribution in [0.3, 0.4) is 0 Å². The fraction of sp³-hybridized carbons (Fsp3) is 0.217. The molecule has 0 atom stereocenters. The summed E-state index contributed by atoms with van der Waals surface area (Å²) < 4.78 is 5.17. The number of hydrogen-bond acceptors (Lipinski definition) is 3. The van der Waals surface area contributed by atoms with Crippen molar-refractivity contribution >= 4 is 5.69 Å². The number of rotatable bonds is 6. The van der Waals surface area contributed by atoms with Crippen LogP contribution < -0.4 is 4.90 Å². The van der Waals surface area contributed by atoms with Crippen molar-refractivity contribution in [2.24, 2.45) is 0 Å². The minimum absolute atomic E-state index is 0.379. The van der Waals surface area contributed by atoms with E-state index in [9.17, 15) is 5.11 Å². The molecule has 0 aliphatic carbocycles. The van der Waals surface area contributed by atoms with Gasteiger partial charge in [-0.1, -0.05) is 72.8 Å². The summed E-state index contributed by atoms with van der Waals surface area (Å²) in [5.74, 6) is 0. The van der Waals surface area contributed by atoms with Crippen LogP contribution in [-0.4, -0.2) is 18.3 Å². The van der Waals surface area contributed by atoms with Gasteiger partial charge in [0.1, 0.15) is 5.60 Å². The summed E-state index contributed by atoms with van der Waals surface area (Å²) in [6, 6.07) is 29.2. The second-order valence-corrected chi connectivity index (χ2v) is 6.90. The Morgan fingerprint density at radius 3 is 1.65 bits per heavy atom. The SMILES string of the molecule is OC1(c2ccc(N(Cc3ccccc3)Cc3ccccc3)cc2)COC1. The van der Waals surface area contributed by atoms with E-state index in [1.807, 2.05) is 24.3 Å². The lowest BCUT2D eigenvalue weighted by atomic mass is 9.92. The molecule has 0 bridgehead atoms. The van der Waals surface area contributed by atoms with E-state index in [-0.39, 0.29) is 0 Å². The quantitative estimate of drug-likeness (QED) is 0.730. The van der Waals surface area contributed by atoms with Gasteiger partial charge in [0.15, 0.2) is 0 Å². The maximum atomic E-state index is 10.4. The molecule has 1 fully saturated rings. The predicted octanol–water partition coefficient (Wildman–Crippen LogP) is 4.11. The van der Waals surface area contributed by atoms with Crippen molar-refractivity contribution in [1.82, 2.24) is 0 Å². The van der Waals surface area contributed by atoms with Crippen LogP contribution >= 0.6 is 0 Å². The summed E-state index contributed by atoms with van der Waals surface area (Å²) in [6.45, 7) is 2.43. The number of ether oxygens (including phenoxy) is 1. The average Bonchev–Trinajstić information content (AvgIpc) is 2.67. The van der Waals surface area contributed by atoms with Gasteiger partial charge < -0.3 is 14.7 Å². The summed E-state index contributed by atoms with van der Waals surface area (Å²) in [6.07, 6.45) is 0. The normalized spacial score (nSPS) is 15.3. The molecule has 3 aromatic carbocycles. The third kappa shape index (κ3) is 3.64. The maximum absolute atomic E-state index is 10.4. The fourth-order valence-corrected chi connectivity index (χ4v) is 3.29. The van der Waals surface area contributed by atoms with Gasteiger partial charge in [-0.05, 0) is 28.8 Å². The summed E-state index contributed by atoms with van der Waals surface area (Å²) >= 11 is 0. The Labute approximate surface area is 154 Å². The van der Waals surface area contributed by atoms with E-state index in [1.54, 1.807) is 0 Å². The Hall–Kier alpha value is -2.62. The lowest BCUT2D eigenvalue weighted by Crippen LogP contribution is -2.46. The Morgan fingerprint density at radius 1 is 0.731 bits per heavy atom. The van der Waals surface area contributed by atoms with Gasteiger partial charge in [0, 0.05) is 18.8 Å². The molecule has 1 aliphatic heterocycles. The molecule has 0 radical (unpaired) electrons. The van der Waals surface area contributed by atoms with Gasteiger partial charge in [-0.3, -0.25) is 0 Å². The molecule has 0 spiro atoms. The molecule has 3 heteroatoms. The zero-order chi connectivity index (χ0) is 17.8. The Bertz CT molecular complexity index is 786. The Morgan fingerprint density at radius 2 is 1.23 bits per heavy atom. The molecule has 3 nitrogen and oxygen atoms in total. The van der Waals surface area contributed by atoms with Crippen LogP contribution in [0.15, 0.2) is 84.9 Å². The lowest BCUT2D eigenvalue weighted by molar-refractivity contribution is -0.184. The van der Waals surface area contributed by atoms with E-state index in [4.69, 9.17) is 4.74 Å². The van der Waals surface area contributed by atoms with Crippen LogP contribution in [0.5, 0.6) is 0 Å². The molecule has 132 valence electrons. The molecular weight excluding hydrogens is 322 g/mol. The van der Waals surface area contributed by atoms with E-state index >= 15 is 0 Å². The van der Waals surface area contributed by atoms with Gasteiger partial charge in [0.2, 0.25) is 0 Å². The van der Waals surface area contributed by atoms with Gasteiger partial charge in [0.25, 0.3) is 0 Å². The first-order chi connectivity index (χ1) is 12.7. The van der Waals surface area contributed by atoms with Crippen LogP contribution in [0.25, 0.3) is 0 Å². The van der Waals surface area contributed by atoms with Crippen LogP contribution in [0.1, 0.15) is 16.7 Å². The van der Waals surface area contributed by atoms with Crippen molar-refractivity contribution in [3.8, 4) is 0 Å². The van der Waals surface area contributed by atoms with Gasteiger partial charge in [-0.2, -0.15) is 0 Å².